The molecule has 2 aromatic heterocycles. The van der Waals surface area contributed by atoms with Gasteiger partial charge in [-0.2, -0.15) is 0 Å². The maximum atomic E-state index is 6.20. The topological polar surface area (TPSA) is 47.0 Å². The smallest absolute Gasteiger partial charge is 0.184 e. The van der Waals surface area contributed by atoms with Gasteiger partial charge in [-0.1, -0.05) is 42.7 Å². The molecule has 0 aliphatic heterocycles. The molecule has 1 atom stereocenters. The SMILES string of the molecule is CC(Nc1nc2ccc(Oc3ccnc4ccccc34)cc2s1)C1CCCCC1. The standard InChI is InChI=1S/C24H25N3OS/c1-16(17-7-3-2-4-8-17)26-24-27-21-12-11-18(15-23(21)29-24)28-22-13-14-25-20-10-6-5-9-19(20)22/h5-6,9-17H,2-4,7-8H2,1H3,(H,26,27). The molecule has 0 amide bonds. The van der Waals surface area contributed by atoms with Crippen molar-refractivity contribution in [3.63, 3.8) is 0 Å². The molecule has 1 unspecified atom stereocenters. The summed E-state index contributed by atoms with van der Waals surface area (Å²) < 4.78 is 7.34. The van der Waals surface area contributed by atoms with E-state index >= 15 is 0 Å². The Kier molecular flexibility index (Phi) is 5.06. The van der Waals surface area contributed by atoms with Gasteiger partial charge < -0.3 is 10.1 Å². The molecule has 1 N–H and O–H groups in total. The first-order chi connectivity index (χ1) is 14.3. The van der Waals surface area contributed by atoms with Gasteiger partial charge in [-0.25, -0.2) is 4.98 Å². The first kappa shape index (κ1) is 18.4. The highest BCUT2D eigenvalue weighted by Gasteiger charge is 2.20. The number of thiazole rings is 1. The van der Waals surface area contributed by atoms with E-state index in [-0.39, 0.29) is 0 Å². The monoisotopic (exact) mass is 403 g/mol. The second kappa shape index (κ2) is 7.99. The summed E-state index contributed by atoms with van der Waals surface area (Å²) in [6.07, 6.45) is 8.56. The Morgan fingerprint density at radius 3 is 2.79 bits per heavy atom. The number of benzene rings is 2. The molecule has 29 heavy (non-hydrogen) atoms. The molecule has 1 aliphatic carbocycles. The van der Waals surface area contributed by atoms with E-state index in [0.29, 0.717) is 6.04 Å². The Hall–Kier alpha value is -2.66. The first-order valence-electron chi connectivity index (χ1n) is 10.4. The summed E-state index contributed by atoms with van der Waals surface area (Å²) in [5.41, 5.74) is 1.95. The minimum absolute atomic E-state index is 0.467. The third-order valence-electron chi connectivity index (χ3n) is 5.90. The molecule has 0 radical (unpaired) electrons. The molecule has 148 valence electrons. The Balaban J connectivity index is 1.36. The van der Waals surface area contributed by atoms with Gasteiger partial charge in [0.05, 0.1) is 15.7 Å². The molecule has 4 nitrogen and oxygen atoms in total. The van der Waals surface area contributed by atoms with Crippen LogP contribution in [0, 0.1) is 5.92 Å². The predicted molar refractivity (Wildman–Crippen MR) is 121 cm³/mol. The van der Waals surface area contributed by atoms with Crippen LogP contribution in [0.2, 0.25) is 0 Å². The average molecular weight is 404 g/mol. The second-order valence-corrected chi connectivity index (χ2v) is 8.94. The number of rotatable bonds is 5. The fourth-order valence-corrected chi connectivity index (χ4v) is 5.25. The Morgan fingerprint density at radius 1 is 1.03 bits per heavy atom. The van der Waals surface area contributed by atoms with Crippen LogP contribution >= 0.6 is 11.3 Å². The van der Waals surface area contributed by atoms with Crippen LogP contribution in [-0.2, 0) is 0 Å². The molecule has 0 saturated heterocycles. The number of nitrogens with one attached hydrogen (secondary N) is 1. The van der Waals surface area contributed by atoms with E-state index < -0.39 is 0 Å². The number of nitrogens with zero attached hydrogens (tertiary/aromatic N) is 2. The molecule has 5 rings (SSSR count). The molecular weight excluding hydrogens is 378 g/mol. The summed E-state index contributed by atoms with van der Waals surface area (Å²) in [4.78, 5) is 9.19. The van der Waals surface area contributed by atoms with E-state index in [0.717, 1.165) is 43.7 Å². The van der Waals surface area contributed by atoms with Gasteiger partial charge in [-0.15, -0.1) is 0 Å². The van der Waals surface area contributed by atoms with E-state index in [4.69, 9.17) is 9.72 Å². The number of anilines is 1. The first-order valence-corrected chi connectivity index (χ1v) is 11.3. The van der Waals surface area contributed by atoms with Crippen LogP contribution in [0.4, 0.5) is 5.13 Å². The van der Waals surface area contributed by atoms with Gasteiger partial charge in [-0.3, -0.25) is 4.98 Å². The third-order valence-corrected chi connectivity index (χ3v) is 6.85. The Morgan fingerprint density at radius 2 is 1.90 bits per heavy atom. The van der Waals surface area contributed by atoms with Crippen LogP contribution in [0.5, 0.6) is 11.5 Å². The highest BCUT2D eigenvalue weighted by molar-refractivity contribution is 7.22. The lowest BCUT2D eigenvalue weighted by Crippen LogP contribution is -2.27. The van der Waals surface area contributed by atoms with Crippen LogP contribution in [0.3, 0.4) is 0 Å². The lowest BCUT2D eigenvalue weighted by molar-refractivity contribution is 0.328. The number of para-hydroxylation sites is 1. The zero-order valence-corrected chi connectivity index (χ0v) is 17.4. The maximum Gasteiger partial charge on any atom is 0.184 e. The van der Waals surface area contributed by atoms with Crippen LogP contribution in [-0.4, -0.2) is 16.0 Å². The van der Waals surface area contributed by atoms with Gasteiger partial charge in [0.25, 0.3) is 0 Å². The van der Waals surface area contributed by atoms with Crippen molar-refractivity contribution in [2.75, 3.05) is 5.32 Å². The molecule has 5 heteroatoms. The van der Waals surface area contributed by atoms with Crippen molar-refractivity contribution in [2.45, 2.75) is 45.1 Å². The lowest BCUT2D eigenvalue weighted by Gasteiger charge is -2.28. The largest absolute Gasteiger partial charge is 0.457 e. The van der Waals surface area contributed by atoms with Gasteiger partial charge in [0.2, 0.25) is 0 Å². The third kappa shape index (κ3) is 3.92. The number of hydrogen-bond acceptors (Lipinski definition) is 5. The quantitative estimate of drug-likeness (QED) is 0.389. The average Bonchev–Trinajstić information content (AvgIpc) is 3.16. The van der Waals surface area contributed by atoms with Crippen molar-refractivity contribution in [1.82, 2.24) is 9.97 Å². The van der Waals surface area contributed by atoms with Crippen LogP contribution < -0.4 is 10.1 Å². The minimum atomic E-state index is 0.467. The van der Waals surface area contributed by atoms with Crippen LogP contribution in [0.15, 0.2) is 54.7 Å². The Bertz CT molecular complexity index is 1130. The molecule has 2 aromatic carbocycles. The summed E-state index contributed by atoms with van der Waals surface area (Å²) >= 11 is 1.70. The van der Waals surface area contributed by atoms with Gasteiger partial charge in [0.15, 0.2) is 5.13 Å². The van der Waals surface area contributed by atoms with Crippen molar-refractivity contribution in [3.8, 4) is 11.5 Å². The molecule has 1 aliphatic rings. The molecule has 1 saturated carbocycles. The second-order valence-electron chi connectivity index (χ2n) is 7.91. The number of pyridine rings is 1. The molecule has 4 aromatic rings. The van der Waals surface area contributed by atoms with Gasteiger partial charge in [0, 0.05) is 23.7 Å². The fraction of sp³-hybridized carbons (Fsp3) is 0.333. The van der Waals surface area contributed by atoms with E-state index in [2.05, 4.69) is 23.3 Å². The highest BCUT2D eigenvalue weighted by Crippen LogP contribution is 2.35. The van der Waals surface area contributed by atoms with Crippen molar-refractivity contribution < 1.29 is 4.74 Å². The van der Waals surface area contributed by atoms with Crippen molar-refractivity contribution in [3.05, 3.63) is 54.7 Å². The number of hydrogen-bond donors (Lipinski definition) is 1. The predicted octanol–water partition coefficient (Wildman–Crippen LogP) is 7.02. The molecule has 2 heterocycles. The van der Waals surface area contributed by atoms with E-state index in [1.807, 2.05) is 42.5 Å². The minimum Gasteiger partial charge on any atom is -0.457 e. The van der Waals surface area contributed by atoms with E-state index in [9.17, 15) is 0 Å². The summed E-state index contributed by atoms with van der Waals surface area (Å²) in [7, 11) is 0. The Labute approximate surface area is 175 Å². The number of aromatic nitrogens is 2. The fourth-order valence-electron chi connectivity index (χ4n) is 4.26. The highest BCUT2D eigenvalue weighted by atomic mass is 32.1. The summed E-state index contributed by atoms with van der Waals surface area (Å²) in [6, 6.07) is 16.5. The van der Waals surface area contributed by atoms with Crippen LogP contribution in [0.1, 0.15) is 39.0 Å². The zero-order chi connectivity index (χ0) is 19.6. The maximum absolute atomic E-state index is 6.20. The normalized spacial score (nSPS) is 16.2. The van der Waals surface area contributed by atoms with Gasteiger partial charge in [-0.05, 0) is 56.0 Å². The zero-order valence-electron chi connectivity index (χ0n) is 16.6. The van der Waals surface area contributed by atoms with Crippen LogP contribution in [0.25, 0.3) is 21.1 Å². The van der Waals surface area contributed by atoms with Crippen molar-refractivity contribution in [2.24, 2.45) is 5.92 Å². The van der Waals surface area contributed by atoms with E-state index in [1.165, 1.54) is 32.1 Å². The van der Waals surface area contributed by atoms with Gasteiger partial charge in [0.1, 0.15) is 11.5 Å². The number of ether oxygens (including phenoxy) is 1. The summed E-state index contributed by atoms with van der Waals surface area (Å²) in [5.74, 6) is 2.41. The van der Waals surface area contributed by atoms with Gasteiger partial charge >= 0.3 is 0 Å². The molecular formula is C24H25N3OS. The van der Waals surface area contributed by atoms with Crippen molar-refractivity contribution >= 4 is 37.6 Å². The van der Waals surface area contributed by atoms with Crippen molar-refractivity contribution in [1.29, 1.82) is 0 Å². The lowest BCUT2D eigenvalue weighted by atomic mass is 9.85. The summed E-state index contributed by atoms with van der Waals surface area (Å²) in [5, 5.41) is 5.67. The van der Waals surface area contributed by atoms with E-state index in [1.54, 1.807) is 17.5 Å². The molecule has 0 spiro atoms. The molecule has 1 fully saturated rings. The summed E-state index contributed by atoms with van der Waals surface area (Å²) in [6.45, 7) is 2.30. The molecule has 0 bridgehead atoms. The number of fused-ring (bicyclic) bond motifs is 2.